The molecule has 0 aliphatic heterocycles. The van der Waals surface area contributed by atoms with Crippen molar-refractivity contribution in [2.45, 2.75) is 18.0 Å². The van der Waals surface area contributed by atoms with E-state index in [2.05, 4.69) is 15.3 Å². The van der Waals surface area contributed by atoms with E-state index in [1.54, 1.807) is 0 Å². The van der Waals surface area contributed by atoms with Gasteiger partial charge in [-0.3, -0.25) is 9.59 Å². The van der Waals surface area contributed by atoms with Crippen molar-refractivity contribution in [2.75, 3.05) is 12.9 Å². The Bertz CT molecular complexity index is 530. The van der Waals surface area contributed by atoms with Gasteiger partial charge in [-0.25, -0.2) is 9.78 Å². The fourth-order valence-electron chi connectivity index (χ4n) is 1.24. The minimum Gasteiger partial charge on any atom is -0.489 e. The van der Waals surface area contributed by atoms with Gasteiger partial charge in [0.1, 0.15) is 11.1 Å². The Morgan fingerprint density at radius 1 is 1.63 bits per heavy atom. The van der Waals surface area contributed by atoms with E-state index < -0.39 is 23.5 Å². The van der Waals surface area contributed by atoms with Crippen molar-refractivity contribution < 1.29 is 19.4 Å². The summed E-state index contributed by atoms with van der Waals surface area (Å²) in [5, 5.41) is 11.5. The van der Waals surface area contributed by atoms with Gasteiger partial charge < -0.3 is 20.1 Å². The van der Waals surface area contributed by atoms with E-state index >= 15 is 0 Å². The van der Waals surface area contributed by atoms with Crippen LogP contribution in [-0.4, -0.2) is 45.9 Å². The van der Waals surface area contributed by atoms with Crippen molar-refractivity contribution in [1.29, 1.82) is 0 Å². The first-order chi connectivity index (χ1) is 8.95. The van der Waals surface area contributed by atoms with Crippen molar-refractivity contribution in [2.24, 2.45) is 0 Å². The molecular formula is C10H13N3O5S. The molecule has 1 aromatic rings. The molecule has 0 aliphatic carbocycles. The van der Waals surface area contributed by atoms with Gasteiger partial charge in [-0.1, -0.05) is 11.8 Å². The van der Waals surface area contributed by atoms with E-state index in [4.69, 9.17) is 9.84 Å². The van der Waals surface area contributed by atoms with Gasteiger partial charge in [-0.2, -0.15) is 0 Å². The number of thioether (sulfide) groups is 1. The summed E-state index contributed by atoms with van der Waals surface area (Å²) in [7, 11) is 1.32. The molecule has 1 aromatic heterocycles. The summed E-state index contributed by atoms with van der Waals surface area (Å²) in [4.78, 5) is 39.4. The Labute approximate surface area is 112 Å². The standard InChI is InChI=1S/C10H13N3O5S/c1-5(14)13-6(10(16)17)3-19-9-7(18-2)8(15)11-4-12-9/h4,6H,3H2,1-2H3,(H,13,14)(H,16,17)(H,11,12,15). The van der Waals surface area contributed by atoms with E-state index in [1.807, 2.05) is 0 Å². The van der Waals surface area contributed by atoms with Crippen LogP contribution in [0.3, 0.4) is 0 Å². The number of rotatable bonds is 6. The number of carboxylic acids is 1. The van der Waals surface area contributed by atoms with Crippen molar-refractivity contribution in [3.8, 4) is 5.75 Å². The van der Waals surface area contributed by atoms with Crippen molar-refractivity contribution in [3.63, 3.8) is 0 Å². The van der Waals surface area contributed by atoms with Gasteiger partial charge in [0, 0.05) is 12.7 Å². The van der Waals surface area contributed by atoms with Crippen LogP contribution in [0.15, 0.2) is 16.1 Å². The molecule has 0 bridgehead atoms. The molecule has 0 saturated carbocycles. The molecule has 0 radical (unpaired) electrons. The van der Waals surface area contributed by atoms with Crippen molar-refractivity contribution in [1.82, 2.24) is 15.3 Å². The zero-order chi connectivity index (χ0) is 14.4. The zero-order valence-electron chi connectivity index (χ0n) is 10.3. The number of amides is 1. The molecule has 0 spiro atoms. The topological polar surface area (TPSA) is 121 Å². The number of methoxy groups -OCH3 is 1. The van der Waals surface area contributed by atoms with Gasteiger partial charge in [-0.15, -0.1) is 0 Å². The predicted octanol–water partition coefficient (Wildman–Crippen LogP) is -0.540. The Morgan fingerprint density at radius 2 is 2.32 bits per heavy atom. The van der Waals surface area contributed by atoms with Crippen molar-refractivity contribution in [3.05, 3.63) is 16.7 Å². The lowest BCUT2D eigenvalue weighted by Gasteiger charge is -2.12. The van der Waals surface area contributed by atoms with Gasteiger partial charge in [0.05, 0.1) is 13.4 Å². The van der Waals surface area contributed by atoms with E-state index in [1.165, 1.54) is 20.4 Å². The quantitative estimate of drug-likeness (QED) is 0.474. The summed E-state index contributed by atoms with van der Waals surface area (Å²) in [6.07, 6.45) is 1.20. The first-order valence-electron chi connectivity index (χ1n) is 5.20. The molecule has 1 unspecified atom stereocenters. The molecule has 1 atom stereocenters. The fraction of sp³-hybridized carbons (Fsp3) is 0.400. The van der Waals surface area contributed by atoms with Gasteiger partial charge in [-0.05, 0) is 0 Å². The van der Waals surface area contributed by atoms with Crippen LogP contribution in [-0.2, 0) is 9.59 Å². The minimum atomic E-state index is -1.16. The summed E-state index contributed by atoms with van der Waals surface area (Å²) in [5.74, 6) is -1.56. The number of aromatic amines is 1. The first-order valence-corrected chi connectivity index (χ1v) is 6.18. The maximum absolute atomic E-state index is 11.4. The number of nitrogens with one attached hydrogen (secondary N) is 2. The second-order valence-corrected chi connectivity index (χ2v) is 4.48. The van der Waals surface area contributed by atoms with Crippen LogP contribution in [0.5, 0.6) is 5.75 Å². The maximum atomic E-state index is 11.4. The number of carbonyl (C=O) groups is 2. The van der Waals surface area contributed by atoms with Gasteiger partial charge in [0.25, 0.3) is 5.56 Å². The highest BCUT2D eigenvalue weighted by Crippen LogP contribution is 2.23. The molecule has 0 aliphatic rings. The van der Waals surface area contributed by atoms with Crippen LogP contribution in [0, 0.1) is 0 Å². The number of aromatic nitrogens is 2. The molecule has 0 fully saturated rings. The highest BCUT2D eigenvalue weighted by atomic mass is 32.2. The first kappa shape index (κ1) is 15.0. The molecule has 8 nitrogen and oxygen atoms in total. The second-order valence-electron chi connectivity index (χ2n) is 3.47. The smallest absolute Gasteiger partial charge is 0.327 e. The van der Waals surface area contributed by atoms with E-state index in [9.17, 15) is 14.4 Å². The van der Waals surface area contributed by atoms with Crippen LogP contribution < -0.4 is 15.6 Å². The lowest BCUT2D eigenvalue weighted by molar-refractivity contribution is -0.140. The number of H-pyrrole nitrogens is 1. The number of ether oxygens (including phenoxy) is 1. The molecule has 0 saturated heterocycles. The molecule has 0 aromatic carbocycles. The third-order valence-electron chi connectivity index (χ3n) is 2.04. The summed E-state index contributed by atoms with van der Waals surface area (Å²) in [6.45, 7) is 1.23. The van der Waals surface area contributed by atoms with E-state index in [0.29, 0.717) is 0 Å². The fourth-order valence-corrected chi connectivity index (χ4v) is 2.22. The van der Waals surface area contributed by atoms with Crippen LogP contribution >= 0.6 is 11.8 Å². The van der Waals surface area contributed by atoms with Gasteiger partial charge in [0.15, 0.2) is 0 Å². The summed E-state index contributed by atoms with van der Waals surface area (Å²) in [5.41, 5.74) is -0.452. The molecule has 3 N–H and O–H groups in total. The summed E-state index contributed by atoms with van der Waals surface area (Å²) in [6, 6.07) is -1.06. The zero-order valence-corrected chi connectivity index (χ0v) is 11.1. The number of carboxylic acid groups (broad SMARTS) is 1. The van der Waals surface area contributed by atoms with Gasteiger partial charge in [0.2, 0.25) is 11.7 Å². The van der Waals surface area contributed by atoms with Gasteiger partial charge >= 0.3 is 5.97 Å². The third-order valence-corrected chi connectivity index (χ3v) is 3.11. The molecule has 19 heavy (non-hydrogen) atoms. The van der Waals surface area contributed by atoms with Crippen LogP contribution in [0.25, 0.3) is 0 Å². The number of carbonyl (C=O) groups excluding carboxylic acids is 1. The predicted molar refractivity (Wildman–Crippen MR) is 67.4 cm³/mol. The normalized spacial score (nSPS) is 11.7. The number of nitrogens with zero attached hydrogens (tertiary/aromatic N) is 1. The molecule has 104 valence electrons. The second kappa shape index (κ2) is 6.78. The highest BCUT2D eigenvalue weighted by molar-refractivity contribution is 7.99. The Morgan fingerprint density at radius 3 is 2.84 bits per heavy atom. The summed E-state index contributed by atoms with van der Waals surface area (Å²) >= 11 is 1.01. The monoisotopic (exact) mass is 287 g/mol. The molecule has 1 amide bonds. The van der Waals surface area contributed by atoms with E-state index in [-0.39, 0.29) is 16.5 Å². The number of hydrogen-bond acceptors (Lipinski definition) is 6. The molecular weight excluding hydrogens is 274 g/mol. The number of hydrogen-bond donors (Lipinski definition) is 3. The molecule has 1 heterocycles. The van der Waals surface area contributed by atoms with Crippen LogP contribution in [0.1, 0.15) is 6.92 Å². The molecule has 1 rings (SSSR count). The van der Waals surface area contributed by atoms with Crippen LogP contribution in [0.2, 0.25) is 0 Å². The lowest BCUT2D eigenvalue weighted by atomic mass is 10.3. The Kier molecular flexibility index (Phi) is 5.37. The average molecular weight is 287 g/mol. The van der Waals surface area contributed by atoms with Crippen LogP contribution in [0.4, 0.5) is 0 Å². The third kappa shape index (κ3) is 4.28. The highest BCUT2D eigenvalue weighted by Gasteiger charge is 2.20. The average Bonchev–Trinajstić information content (AvgIpc) is 2.33. The maximum Gasteiger partial charge on any atom is 0.327 e. The lowest BCUT2D eigenvalue weighted by Crippen LogP contribution is -2.41. The molecule has 9 heteroatoms. The number of aliphatic carboxylic acids is 1. The Hall–Kier alpha value is -2.03. The SMILES string of the molecule is COc1c(SCC(NC(C)=O)C(=O)O)nc[nH]c1=O. The van der Waals surface area contributed by atoms with Crippen molar-refractivity contribution >= 4 is 23.6 Å². The minimum absolute atomic E-state index is 0.0134. The van der Waals surface area contributed by atoms with E-state index in [0.717, 1.165) is 11.8 Å². The largest absolute Gasteiger partial charge is 0.489 e. The Balaban J connectivity index is 2.80. The summed E-state index contributed by atoms with van der Waals surface area (Å²) < 4.78 is 4.89.